The maximum absolute atomic E-state index is 12.7. The minimum atomic E-state index is -3.63. The molecule has 1 N–H and O–H groups in total. The van der Waals surface area contributed by atoms with E-state index in [-0.39, 0.29) is 16.9 Å². The Labute approximate surface area is 146 Å². The Morgan fingerprint density at radius 1 is 1.12 bits per heavy atom. The molecule has 0 radical (unpaired) electrons. The Kier molecular flexibility index (Phi) is 4.95. The van der Waals surface area contributed by atoms with E-state index < -0.39 is 10.0 Å². The first-order valence-corrected chi connectivity index (χ1v) is 9.40. The molecule has 25 heavy (non-hydrogen) atoms. The van der Waals surface area contributed by atoms with Gasteiger partial charge in [0.25, 0.3) is 0 Å². The zero-order valence-corrected chi connectivity index (χ0v) is 14.8. The summed E-state index contributed by atoms with van der Waals surface area (Å²) in [6.07, 6.45) is 6.75. The van der Waals surface area contributed by atoms with E-state index in [1.54, 1.807) is 58.4 Å². The minimum absolute atomic E-state index is 0.0994. The van der Waals surface area contributed by atoms with E-state index in [4.69, 9.17) is 0 Å². The second kappa shape index (κ2) is 7.16. The van der Waals surface area contributed by atoms with E-state index in [1.165, 1.54) is 0 Å². The van der Waals surface area contributed by atoms with Crippen LogP contribution in [0.5, 0.6) is 0 Å². The number of aromatic nitrogens is 5. The SMILES string of the molecule is CC(C)C(Cn1ccnn1)NS(=O)(=O)c1ccc(-n2cccn2)cc1. The third-order valence-corrected chi connectivity index (χ3v) is 5.39. The Balaban J connectivity index is 1.77. The van der Waals surface area contributed by atoms with Crippen LogP contribution >= 0.6 is 0 Å². The number of benzene rings is 1. The van der Waals surface area contributed by atoms with Gasteiger partial charge in [0.15, 0.2) is 0 Å². The largest absolute Gasteiger partial charge is 0.251 e. The van der Waals surface area contributed by atoms with Crippen LogP contribution in [0, 0.1) is 5.92 Å². The van der Waals surface area contributed by atoms with Crippen LogP contribution in [0.15, 0.2) is 60.0 Å². The fraction of sp³-hybridized carbons (Fsp3) is 0.312. The van der Waals surface area contributed by atoms with Gasteiger partial charge in [-0.25, -0.2) is 17.8 Å². The number of hydrogen-bond acceptors (Lipinski definition) is 5. The van der Waals surface area contributed by atoms with Gasteiger partial charge in [-0.3, -0.25) is 4.68 Å². The van der Waals surface area contributed by atoms with Crippen molar-refractivity contribution in [3.8, 4) is 5.69 Å². The molecule has 3 rings (SSSR count). The molecule has 0 saturated heterocycles. The molecule has 0 amide bonds. The van der Waals surface area contributed by atoms with Crippen molar-refractivity contribution in [2.75, 3.05) is 0 Å². The summed E-state index contributed by atoms with van der Waals surface area (Å²) < 4.78 is 31.4. The van der Waals surface area contributed by atoms with Gasteiger partial charge in [-0.15, -0.1) is 5.10 Å². The van der Waals surface area contributed by atoms with Gasteiger partial charge in [-0.2, -0.15) is 5.10 Å². The van der Waals surface area contributed by atoms with Crippen LogP contribution < -0.4 is 4.72 Å². The topological polar surface area (TPSA) is 94.7 Å². The van der Waals surface area contributed by atoms with Crippen LogP contribution in [0.25, 0.3) is 5.69 Å². The first-order valence-electron chi connectivity index (χ1n) is 7.92. The van der Waals surface area contributed by atoms with Crippen molar-refractivity contribution >= 4 is 10.0 Å². The Morgan fingerprint density at radius 3 is 2.44 bits per heavy atom. The molecule has 0 aliphatic rings. The highest BCUT2D eigenvalue weighted by molar-refractivity contribution is 7.89. The smallest absolute Gasteiger partial charge is 0.240 e. The number of hydrogen-bond donors (Lipinski definition) is 1. The molecule has 0 bridgehead atoms. The molecule has 2 aromatic heterocycles. The summed E-state index contributed by atoms with van der Waals surface area (Å²) in [5, 5.41) is 11.8. The Morgan fingerprint density at radius 2 is 1.88 bits per heavy atom. The van der Waals surface area contributed by atoms with Crippen LogP contribution in [0.1, 0.15) is 13.8 Å². The third-order valence-electron chi connectivity index (χ3n) is 3.88. The molecule has 0 fully saturated rings. The van der Waals surface area contributed by atoms with E-state index in [9.17, 15) is 8.42 Å². The van der Waals surface area contributed by atoms with Gasteiger partial charge in [0.05, 0.1) is 23.3 Å². The number of rotatable bonds is 7. The van der Waals surface area contributed by atoms with E-state index in [1.807, 2.05) is 19.9 Å². The molecule has 1 atom stereocenters. The van der Waals surface area contributed by atoms with Crippen LogP contribution in [0.4, 0.5) is 0 Å². The summed E-state index contributed by atoms with van der Waals surface area (Å²) in [5.41, 5.74) is 0.798. The minimum Gasteiger partial charge on any atom is -0.251 e. The predicted molar refractivity (Wildman–Crippen MR) is 92.5 cm³/mol. The van der Waals surface area contributed by atoms with E-state index in [2.05, 4.69) is 20.1 Å². The third kappa shape index (κ3) is 4.12. The average molecular weight is 360 g/mol. The Hall–Kier alpha value is -2.52. The van der Waals surface area contributed by atoms with Crippen molar-refractivity contribution in [3.63, 3.8) is 0 Å². The lowest BCUT2D eigenvalue weighted by molar-refractivity contribution is 0.378. The van der Waals surface area contributed by atoms with Gasteiger partial charge in [-0.1, -0.05) is 19.1 Å². The summed E-state index contributed by atoms with van der Waals surface area (Å²) in [4.78, 5) is 0.215. The van der Waals surface area contributed by atoms with Crippen LogP contribution in [0.3, 0.4) is 0 Å². The highest BCUT2D eigenvalue weighted by Gasteiger charge is 2.23. The van der Waals surface area contributed by atoms with Crippen molar-refractivity contribution in [2.45, 2.75) is 31.3 Å². The van der Waals surface area contributed by atoms with Gasteiger partial charge < -0.3 is 0 Å². The molecule has 1 unspecified atom stereocenters. The molecule has 9 heteroatoms. The quantitative estimate of drug-likeness (QED) is 0.688. The maximum Gasteiger partial charge on any atom is 0.240 e. The number of sulfonamides is 1. The Bertz CT molecular complexity index is 887. The van der Waals surface area contributed by atoms with Gasteiger partial charge >= 0.3 is 0 Å². The van der Waals surface area contributed by atoms with Gasteiger partial charge in [0.2, 0.25) is 10.0 Å². The zero-order valence-electron chi connectivity index (χ0n) is 14.0. The molecule has 1 aromatic carbocycles. The molecular weight excluding hydrogens is 340 g/mol. The van der Waals surface area contributed by atoms with Crippen LogP contribution in [0.2, 0.25) is 0 Å². The fourth-order valence-corrected chi connectivity index (χ4v) is 3.76. The maximum atomic E-state index is 12.7. The molecule has 2 heterocycles. The van der Waals surface area contributed by atoms with Gasteiger partial charge in [0.1, 0.15) is 0 Å². The molecule has 8 nitrogen and oxygen atoms in total. The van der Waals surface area contributed by atoms with Gasteiger partial charge in [0, 0.05) is 24.6 Å². The second-order valence-corrected chi connectivity index (χ2v) is 7.76. The summed E-state index contributed by atoms with van der Waals surface area (Å²) in [6, 6.07) is 8.12. The molecule has 0 saturated carbocycles. The van der Waals surface area contributed by atoms with E-state index in [0.29, 0.717) is 6.54 Å². The van der Waals surface area contributed by atoms with Crippen LogP contribution in [-0.2, 0) is 16.6 Å². The first-order chi connectivity index (χ1) is 12.0. The van der Waals surface area contributed by atoms with E-state index >= 15 is 0 Å². The van der Waals surface area contributed by atoms with Gasteiger partial charge in [-0.05, 0) is 36.2 Å². The average Bonchev–Trinajstić information content (AvgIpc) is 3.28. The zero-order chi connectivity index (χ0) is 17.9. The van der Waals surface area contributed by atoms with Crippen molar-refractivity contribution in [1.29, 1.82) is 0 Å². The van der Waals surface area contributed by atoms with Crippen molar-refractivity contribution < 1.29 is 8.42 Å². The summed E-state index contributed by atoms with van der Waals surface area (Å²) in [5.74, 6) is 0.0994. The first kappa shape index (κ1) is 17.3. The van der Waals surface area contributed by atoms with E-state index in [0.717, 1.165) is 5.69 Å². The fourth-order valence-electron chi connectivity index (χ4n) is 2.38. The van der Waals surface area contributed by atoms with Crippen molar-refractivity contribution in [1.82, 2.24) is 29.5 Å². The molecule has 0 aliphatic carbocycles. The van der Waals surface area contributed by atoms with Crippen molar-refractivity contribution in [2.24, 2.45) is 5.92 Å². The molecular formula is C16H20N6O2S. The lowest BCUT2D eigenvalue weighted by Crippen LogP contribution is -2.41. The monoisotopic (exact) mass is 360 g/mol. The lowest BCUT2D eigenvalue weighted by atomic mass is 10.1. The molecule has 0 aliphatic heterocycles. The highest BCUT2D eigenvalue weighted by atomic mass is 32.2. The number of nitrogens with zero attached hydrogens (tertiary/aromatic N) is 5. The normalized spacial score (nSPS) is 13.2. The highest BCUT2D eigenvalue weighted by Crippen LogP contribution is 2.15. The lowest BCUT2D eigenvalue weighted by Gasteiger charge is -2.22. The molecule has 3 aromatic rings. The number of nitrogens with one attached hydrogen (secondary N) is 1. The second-order valence-electron chi connectivity index (χ2n) is 6.04. The van der Waals surface area contributed by atoms with Crippen molar-refractivity contribution in [3.05, 3.63) is 55.1 Å². The van der Waals surface area contributed by atoms with Crippen LogP contribution in [-0.4, -0.2) is 39.2 Å². The predicted octanol–water partition coefficient (Wildman–Crippen LogP) is 1.47. The molecule has 0 spiro atoms. The summed E-state index contributed by atoms with van der Waals surface area (Å²) in [6.45, 7) is 4.35. The summed E-state index contributed by atoms with van der Waals surface area (Å²) in [7, 11) is -3.63. The standard InChI is InChI=1S/C16H20N6O2S/c1-13(2)16(12-21-11-9-17-20-21)19-25(23,24)15-6-4-14(5-7-15)22-10-3-8-18-22/h3-11,13,16,19H,12H2,1-2H3. The summed E-state index contributed by atoms with van der Waals surface area (Å²) >= 11 is 0. The molecule has 132 valence electrons.